The molecule has 2 aromatic carbocycles. The number of thiazole rings is 1. The molecule has 0 fully saturated rings. The molecule has 0 unspecified atom stereocenters. The third-order valence-electron chi connectivity index (χ3n) is 4.29. The molecule has 1 aliphatic heterocycles. The quantitative estimate of drug-likeness (QED) is 0.657. The Morgan fingerprint density at radius 1 is 1.19 bits per heavy atom. The fourth-order valence-corrected chi connectivity index (χ4v) is 3.65. The molecule has 27 heavy (non-hydrogen) atoms. The number of carbonyl (C=O) groups is 1. The van der Waals surface area contributed by atoms with Crippen molar-refractivity contribution in [3.05, 3.63) is 64.9 Å². The van der Waals surface area contributed by atoms with Crippen molar-refractivity contribution in [2.24, 2.45) is 0 Å². The van der Waals surface area contributed by atoms with Crippen LogP contribution in [0, 0.1) is 5.82 Å². The number of halogens is 1. The zero-order valence-corrected chi connectivity index (χ0v) is 15.5. The van der Waals surface area contributed by atoms with E-state index in [9.17, 15) is 9.18 Å². The van der Waals surface area contributed by atoms with E-state index in [1.165, 1.54) is 23.5 Å². The van der Waals surface area contributed by atoms with Gasteiger partial charge in [-0.2, -0.15) is 0 Å². The highest BCUT2D eigenvalue weighted by atomic mass is 32.1. The molecule has 0 bridgehead atoms. The van der Waals surface area contributed by atoms with Crippen LogP contribution in [0.1, 0.15) is 23.0 Å². The predicted molar refractivity (Wildman–Crippen MR) is 100 cm³/mol. The second kappa shape index (κ2) is 7.36. The number of ether oxygens (including phenoxy) is 2. The summed E-state index contributed by atoms with van der Waals surface area (Å²) >= 11 is 1.37. The zero-order chi connectivity index (χ0) is 18.8. The van der Waals surface area contributed by atoms with Gasteiger partial charge in [0.1, 0.15) is 16.5 Å². The van der Waals surface area contributed by atoms with Gasteiger partial charge in [-0.25, -0.2) is 9.37 Å². The lowest BCUT2D eigenvalue weighted by molar-refractivity contribution is 0.0747. The summed E-state index contributed by atoms with van der Waals surface area (Å²) in [6.45, 7) is 3.16. The highest BCUT2D eigenvalue weighted by molar-refractivity contribution is 7.13. The van der Waals surface area contributed by atoms with Gasteiger partial charge in [0.15, 0.2) is 11.5 Å². The Morgan fingerprint density at radius 2 is 1.96 bits per heavy atom. The minimum Gasteiger partial charge on any atom is -0.454 e. The molecular formula is C20H17FN2O3S. The van der Waals surface area contributed by atoms with Crippen molar-refractivity contribution in [1.29, 1.82) is 0 Å². The van der Waals surface area contributed by atoms with Crippen LogP contribution in [0.5, 0.6) is 11.5 Å². The SMILES string of the molecule is CCN(Cc1ccc2c(c1)OCO2)C(=O)c1csc(-c2ccc(F)cc2)n1. The number of carbonyl (C=O) groups excluding carboxylic acids is 1. The molecule has 7 heteroatoms. The molecule has 0 N–H and O–H groups in total. The van der Waals surface area contributed by atoms with E-state index in [-0.39, 0.29) is 18.5 Å². The Balaban J connectivity index is 1.51. The Bertz CT molecular complexity index is 972. The average molecular weight is 384 g/mol. The third kappa shape index (κ3) is 3.64. The largest absolute Gasteiger partial charge is 0.454 e. The van der Waals surface area contributed by atoms with E-state index in [0.717, 1.165) is 16.9 Å². The van der Waals surface area contributed by atoms with Crippen LogP contribution in [0.15, 0.2) is 47.8 Å². The first-order chi connectivity index (χ1) is 13.1. The van der Waals surface area contributed by atoms with Crippen molar-refractivity contribution >= 4 is 17.2 Å². The lowest BCUT2D eigenvalue weighted by Gasteiger charge is -2.20. The van der Waals surface area contributed by atoms with Gasteiger partial charge >= 0.3 is 0 Å². The number of amides is 1. The fourth-order valence-electron chi connectivity index (χ4n) is 2.85. The summed E-state index contributed by atoms with van der Waals surface area (Å²) in [5.41, 5.74) is 2.14. The minimum atomic E-state index is -0.299. The van der Waals surface area contributed by atoms with E-state index in [2.05, 4.69) is 4.98 Å². The highest BCUT2D eigenvalue weighted by Crippen LogP contribution is 2.33. The summed E-state index contributed by atoms with van der Waals surface area (Å²) in [6, 6.07) is 11.8. The topological polar surface area (TPSA) is 51.7 Å². The van der Waals surface area contributed by atoms with Gasteiger partial charge in [0.25, 0.3) is 5.91 Å². The van der Waals surface area contributed by atoms with Gasteiger partial charge < -0.3 is 14.4 Å². The summed E-state index contributed by atoms with van der Waals surface area (Å²) in [5.74, 6) is 0.979. The second-order valence-electron chi connectivity index (χ2n) is 6.05. The lowest BCUT2D eigenvalue weighted by Crippen LogP contribution is -2.30. The zero-order valence-electron chi connectivity index (χ0n) is 14.6. The molecule has 0 saturated heterocycles. The number of hydrogen-bond acceptors (Lipinski definition) is 5. The van der Waals surface area contributed by atoms with Gasteiger partial charge in [-0.15, -0.1) is 11.3 Å². The van der Waals surface area contributed by atoms with E-state index in [4.69, 9.17) is 9.47 Å². The highest BCUT2D eigenvalue weighted by Gasteiger charge is 2.20. The maximum absolute atomic E-state index is 13.1. The van der Waals surface area contributed by atoms with E-state index in [0.29, 0.717) is 29.5 Å². The Hall–Kier alpha value is -2.93. The first-order valence-electron chi connectivity index (χ1n) is 8.53. The van der Waals surface area contributed by atoms with Gasteiger partial charge in [-0.3, -0.25) is 4.79 Å². The molecule has 1 aromatic heterocycles. The van der Waals surface area contributed by atoms with Crippen molar-refractivity contribution in [3.63, 3.8) is 0 Å². The van der Waals surface area contributed by atoms with Gasteiger partial charge in [0.2, 0.25) is 6.79 Å². The number of hydrogen-bond donors (Lipinski definition) is 0. The average Bonchev–Trinajstić information content (AvgIpc) is 3.35. The number of nitrogens with zero attached hydrogens (tertiary/aromatic N) is 2. The third-order valence-corrected chi connectivity index (χ3v) is 5.19. The Morgan fingerprint density at radius 3 is 2.74 bits per heavy atom. The van der Waals surface area contributed by atoms with Crippen LogP contribution in [0.3, 0.4) is 0 Å². The van der Waals surface area contributed by atoms with Crippen LogP contribution < -0.4 is 9.47 Å². The van der Waals surface area contributed by atoms with Crippen LogP contribution >= 0.6 is 11.3 Å². The molecule has 1 aliphatic rings. The minimum absolute atomic E-state index is 0.139. The van der Waals surface area contributed by atoms with E-state index < -0.39 is 0 Å². The monoisotopic (exact) mass is 384 g/mol. The molecule has 0 spiro atoms. The molecular weight excluding hydrogens is 367 g/mol. The number of aromatic nitrogens is 1. The summed E-state index contributed by atoms with van der Waals surface area (Å²) in [6.07, 6.45) is 0. The van der Waals surface area contributed by atoms with E-state index in [1.54, 1.807) is 22.4 Å². The van der Waals surface area contributed by atoms with Crippen LogP contribution in [0.25, 0.3) is 10.6 Å². The second-order valence-corrected chi connectivity index (χ2v) is 6.91. The number of benzene rings is 2. The first kappa shape index (κ1) is 17.5. The molecule has 138 valence electrons. The molecule has 0 radical (unpaired) electrons. The maximum Gasteiger partial charge on any atom is 0.273 e. The maximum atomic E-state index is 13.1. The van der Waals surface area contributed by atoms with Crippen molar-refractivity contribution in [2.75, 3.05) is 13.3 Å². The molecule has 3 aromatic rings. The molecule has 0 aliphatic carbocycles. The van der Waals surface area contributed by atoms with Crippen LogP contribution in [-0.4, -0.2) is 29.1 Å². The summed E-state index contributed by atoms with van der Waals surface area (Å²) in [7, 11) is 0. The fraction of sp³-hybridized carbons (Fsp3) is 0.200. The molecule has 2 heterocycles. The van der Waals surface area contributed by atoms with Crippen LogP contribution in [-0.2, 0) is 6.54 Å². The van der Waals surface area contributed by atoms with Gasteiger partial charge in [0.05, 0.1) is 0 Å². The standard InChI is InChI=1S/C20H17FN2O3S/c1-2-23(10-13-3-8-17-18(9-13)26-12-25-17)20(24)16-11-27-19(22-16)14-4-6-15(21)7-5-14/h3-9,11H,2,10,12H2,1H3. The molecule has 5 nitrogen and oxygen atoms in total. The van der Waals surface area contributed by atoms with Gasteiger partial charge in [-0.05, 0) is 48.9 Å². The summed E-state index contributed by atoms with van der Waals surface area (Å²) < 4.78 is 23.8. The number of rotatable bonds is 5. The molecule has 4 rings (SSSR count). The van der Waals surface area contributed by atoms with Gasteiger partial charge in [0, 0.05) is 24.0 Å². The van der Waals surface area contributed by atoms with Crippen LogP contribution in [0.2, 0.25) is 0 Å². The summed E-state index contributed by atoms with van der Waals surface area (Å²) in [4.78, 5) is 19.0. The van der Waals surface area contributed by atoms with Crippen molar-refractivity contribution in [3.8, 4) is 22.1 Å². The van der Waals surface area contributed by atoms with Crippen molar-refractivity contribution < 1.29 is 18.7 Å². The smallest absolute Gasteiger partial charge is 0.273 e. The Kier molecular flexibility index (Phi) is 4.77. The van der Waals surface area contributed by atoms with Crippen LogP contribution in [0.4, 0.5) is 4.39 Å². The number of fused-ring (bicyclic) bond motifs is 1. The van der Waals surface area contributed by atoms with Crippen molar-refractivity contribution in [2.45, 2.75) is 13.5 Å². The Labute approximate surface area is 160 Å². The summed E-state index contributed by atoms with van der Waals surface area (Å²) in [5, 5.41) is 2.43. The van der Waals surface area contributed by atoms with E-state index in [1.807, 2.05) is 25.1 Å². The van der Waals surface area contributed by atoms with Gasteiger partial charge in [-0.1, -0.05) is 6.07 Å². The predicted octanol–water partition coefficient (Wildman–Crippen LogP) is 4.34. The van der Waals surface area contributed by atoms with Crippen molar-refractivity contribution in [1.82, 2.24) is 9.88 Å². The molecule has 0 saturated carbocycles. The molecule has 0 atom stereocenters. The molecule has 1 amide bonds. The lowest BCUT2D eigenvalue weighted by atomic mass is 10.2. The first-order valence-corrected chi connectivity index (χ1v) is 9.41. The normalized spacial score (nSPS) is 12.2. The van der Waals surface area contributed by atoms with E-state index >= 15 is 0 Å².